The van der Waals surface area contributed by atoms with Crippen LogP contribution >= 0.6 is 0 Å². The Morgan fingerprint density at radius 3 is 0.900 bits per heavy atom. The van der Waals surface area contributed by atoms with E-state index in [1.807, 2.05) is 0 Å². The fourth-order valence-electron chi connectivity index (χ4n) is 9.44. The van der Waals surface area contributed by atoms with Crippen molar-refractivity contribution in [2.75, 3.05) is 0 Å². The number of aromatic amines is 2. The highest BCUT2D eigenvalue weighted by Gasteiger charge is 2.43. The van der Waals surface area contributed by atoms with Gasteiger partial charge in [-0.25, -0.2) is 9.97 Å². The number of nitrogens with one attached hydrogen (secondary N) is 2. The van der Waals surface area contributed by atoms with Crippen molar-refractivity contribution < 1.29 is 0 Å². The van der Waals surface area contributed by atoms with Crippen LogP contribution in [0.1, 0.15) is 128 Å². The van der Waals surface area contributed by atoms with Crippen LogP contribution in [0.4, 0.5) is 0 Å². The minimum Gasteiger partial charge on any atom is -0.353 e. The number of aromatic nitrogens is 4. The highest BCUT2D eigenvalue weighted by atomic mass is 28.3. The topological polar surface area (TPSA) is 57.4 Å². The monoisotopic (exact) mass is 862 g/mol. The number of fused-ring (bicyclic) bond motifs is 8. The Balaban J connectivity index is 2.06. The van der Waals surface area contributed by atoms with Gasteiger partial charge in [0.15, 0.2) is 0 Å². The van der Waals surface area contributed by atoms with Gasteiger partial charge in [-0.2, -0.15) is 0 Å². The van der Waals surface area contributed by atoms with Gasteiger partial charge in [0.2, 0.25) is 0 Å². The summed E-state index contributed by atoms with van der Waals surface area (Å²) < 4.78 is 0. The van der Waals surface area contributed by atoms with Crippen molar-refractivity contribution in [1.29, 1.82) is 0 Å². The van der Waals surface area contributed by atoms with Crippen LogP contribution in [0.25, 0.3) is 46.4 Å². The maximum atomic E-state index is 5.38. The van der Waals surface area contributed by atoms with Gasteiger partial charge in [0.25, 0.3) is 0 Å². The van der Waals surface area contributed by atoms with E-state index >= 15 is 0 Å². The molecule has 0 aliphatic carbocycles. The molecule has 0 saturated heterocycles. The summed E-state index contributed by atoms with van der Waals surface area (Å²) in [6.07, 6.45) is 8.44. The Morgan fingerprint density at radius 1 is 0.367 bits per heavy atom. The third-order valence-electron chi connectivity index (χ3n) is 12.4. The summed E-state index contributed by atoms with van der Waals surface area (Å²) >= 11 is 0. The molecule has 5 heterocycles. The molecule has 2 N–H and O–H groups in total. The van der Waals surface area contributed by atoms with Crippen LogP contribution < -0.4 is 0 Å². The molecule has 2 aliphatic heterocycles. The number of hydrogen-bond acceptors (Lipinski definition) is 2. The first-order chi connectivity index (χ1) is 27.9. The molecule has 2 aliphatic rings. The van der Waals surface area contributed by atoms with Crippen molar-refractivity contribution in [2.45, 2.75) is 156 Å². The Labute approximate surface area is 367 Å². The molecule has 60 heavy (non-hydrogen) atoms. The van der Waals surface area contributed by atoms with E-state index in [9.17, 15) is 0 Å². The zero-order valence-electron chi connectivity index (χ0n) is 40.0. The Kier molecular flexibility index (Phi) is 14.0. The summed E-state index contributed by atoms with van der Waals surface area (Å²) in [4.78, 5) is 18.4. The lowest BCUT2D eigenvalue weighted by molar-refractivity contribution is 0.838. The number of nitrogens with zero attached hydrogens (tertiary/aromatic N) is 2. The Bertz CT molecular complexity index is 2430. The minimum absolute atomic E-state index is 0.499. The number of H-pyrrole nitrogens is 2. The van der Waals surface area contributed by atoms with E-state index < -0.39 is 32.3 Å². The Morgan fingerprint density at radius 2 is 0.617 bits per heavy atom. The molecular weight excluding hydrogens is 793 g/mol. The van der Waals surface area contributed by atoms with Crippen molar-refractivity contribution in [2.24, 2.45) is 0 Å². The summed E-state index contributed by atoms with van der Waals surface area (Å²) in [5.74, 6) is 14.9. The number of hydrogen-bond donors (Lipinski definition) is 2. The summed E-state index contributed by atoms with van der Waals surface area (Å²) in [5.41, 5.74) is 29.0. The van der Waals surface area contributed by atoms with Crippen LogP contribution in [0.3, 0.4) is 0 Å². The molecule has 314 valence electrons. The largest absolute Gasteiger partial charge is 0.353 e. The summed E-state index contributed by atoms with van der Waals surface area (Å²) in [7, 11) is -7.67. The fraction of sp³-hybridized carbons (Fsp3) is 0.462. The van der Waals surface area contributed by atoms with Crippen LogP contribution in [0.5, 0.6) is 0 Å². The molecule has 0 spiro atoms. The van der Waals surface area contributed by atoms with Gasteiger partial charge >= 0.3 is 0 Å². The average molecular weight is 864 g/mol. The van der Waals surface area contributed by atoms with Gasteiger partial charge in [-0.1, -0.05) is 146 Å². The van der Waals surface area contributed by atoms with Crippen LogP contribution in [-0.2, 0) is 0 Å². The quantitative estimate of drug-likeness (QED) is 0.132. The fourth-order valence-corrected chi connectivity index (χ4v) is 20.9. The van der Waals surface area contributed by atoms with E-state index in [4.69, 9.17) is 9.97 Å². The lowest BCUT2D eigenvalue weighted by atomic mass is 10.1. The minimum atomic E-state index is -2.08. The molecule has 0 amide bonds. The van der Waals surface area contributed by atoms with E-state index in [-0.39, 0.29) is 0 Å². The molecular formula is C52H70N4Si4. The molecule has 4 nitrogen and oxygen atoms in total. The van der Waals surface area contributed by atoms with Crippen LogP contribution in [0.2, 0.25) is 72.5 Å². The normalized spacial score (nSPS) is 13.1. The van der Waals surface area contributed by atoms with Crippen LogP contribution in [0, 0.1) is 45.9 Å². The van der Waals surface area contributed by atoms with Gasteiger partial charge in [-0.15, -0.1) is 22.2 Å². The van der Waals surface area contributed by atoms with Crippen molar-refractivity contribution in [3.63, 3.8) is 0 Å². The van der Waals surface area contributed by atoms with Gasteiger partial charge in [0.1, 0.15) is 32.3 Å². The zero-order valence-corrected chi connectivity index (χ0v) is 44.0. The lowest BCUT2D eigenvalue weighted by Crippen LogP contribution is -2.43. The molecule has 0 atom stereocenters. The molecule has 8 heteroatoms. The molecule has 3 aromatic heterocycles. The van der Waals surface area contributed by atoms with Gasteiger partial charge in [0.05, 0.1) is 67.1 Å². The van der Waals surface area contributed by atoms with Crippen molar-refractivity contribution in [1.82, 2.24) is 19.9 Å². The maximum Gasteiger partial charge on any atom is 0.146 e. The molecule has 3 aromatic rings. The Hall–Kier alpha value is -4.29. The van der Waals surface area contributed by atoms with Crippen LogP contribution in [0.15, 0.2) is 24.3 Å². The molecule has 8 bridgehead atoms. The summed E-state index contributed by atoms with van der Waals surface area (Å²) in [6.45, 7) is 42.1. The molecule has 0 radical (unpaired) electrons. The van der Waals surface area contributed by atoms with Gasteiger partial charge in [-0.05, 0) is 81.8 Å². The average Bonchev–Trinajstić information content (AvgIpc) is 3.96. The first kappa shape index (κ1) is 46.8. The highest BCUT2D eigenvalue weighted by molar-refractivity contribution is 6.91. The highest BCUT2D eigenvalue weighted by Crippen LogP contribution is 2.42. The molecule has 0 aromatic carbocycles. The third-order valence-corrected chi connectivity index (χ3v) is 26.7. The summed E-state index contributed by atoms with van der Waals surface area (Å²) in [5, 5.41) is 0. The SMILES string of the molecule is CC(C)[Si](C#Cc1c2nc(c(C#C[Si](C)(C)C)c3nc(c(C#C[Si](C(C)C)(C(C)C)C(C)C)c4ccc([nH]4)c(C#C[Si](C)(C)C)c4ccc1[nH]4)C=C3)C=C2)(C(C)C)C(C)C. The second-order valence-corrected chi connectivity index (χ2v) is 41.5. The van der Waals surface area contributed by atoms with E-state index in [0.717, 1.165) is 67.1 Å². The lowest BCUT2D eigenvalue weighted by Gasteiger charge is -2.38. The second-order valence-electron chi connectivity index (χ2n) is 20.8. The van der Waals surface area contributed by atoms with Crippen molar-refractivity contribution >= 4 is 78.7 Å². The third kappa shape index (κ3) is 9.75. The second kappa shape index (κ2) is 18.0. The first-order valence-corrected chi connectivity index (χ1v) is 33.7. The van der Waals surface area contributed by atoms with E-state index in [2.05, 4.69) is 227 Å². The maximum absolute atomic E-state index is 5.38. The van der Waals surface area contributed by atoms with Crippen molar-refractivity contribution in [3.8, 4) is 45.9 Å². The number of rotatable bonds is 6. The van der Waals surface area contributed by atoms with Gasteiger partial charge in [-0.3, -0.25) is 0 Å². The smallest absolute Gasteiger partial charge is 0.146 e. The van der Waals surface area contributed by atoms with E-state index in [1.165, 1.54) is 0 Å². The van der Waals surface area contributed by atoms with E-state index in [1.54, 1.807) is 0 Å². The molecule has 5 rings (SSSR count). The summed E-state index contributed by atoms with van der Waals surface area (Å²) in [6, 6.07) is 8.64. The first-order valence-electron chi connectivity index (χ1n) is 22.2. The zero-order chi connectivity index (χ0) is 44.5. The van der Waals surface area contributed by atoms with E-state index in [0.29, 0.717) is 33.2 Å². The van der Waals surface area contributed by atoms with Gasteiger partial charge < -0.3 is 9.97 Å². The van der Waals surface area contributed by atoms with Crippen LogP contribution in [-0.4, -0.2) is 52.2 Å². The van der Waals surface area contributed by atoms with Gasteiger partial charge in [0, 0.05) is 0 Å². The predicted molar refractivity (Wildman–Crippen MR) is 275 cm³/mol. The predicted octanol–water partition coefficient (Wildman–Crippen LogP) is 14.3. The van der Waals surface area contributed by atoms with Crippen molar-refractivity contribution in [3.05, 3.63) is 69.3 Å². The molecule has 0 saturated carbocycles. The standard InChI is InChI=1S/C52H70N4Si4/c1-35(2)59(36(3)4,37(5)6)33-29-43-49-23-19-45(53-49)41(27-31-57(13,14)15)47-21-25-51(55-47)44(30-34-60(38(7)8,39(9)10)40(11)12)52-26-22-48(56-52)42(28-32-58(16,17)18)46-20-24-50(43)54-46/h19-26,35-40,53,55H,1-18H3. The molecule has 0 fully saturated rings. The molecule has 0 unspecified atom stereocenters.